The van der Waals surface area contributed by atoms with Gasteiger partial charge in [-0.2, -0.15) is 0 Å². The Bertz CT molecular complexity index is 338. The first kappa shape index (κ1) is 14.2. The minimum absolute atomic E-state index is 0.205. The van der Waals surface area contributed by atoms with Gasteiger partial charge in [0.2, 0.25) is 0 Å². The number of likely N-dealkylation sites (tertiary alicyclic amines) is 1. The van der Waals surface area contributed by atoms with E-state index in [-0.39, 0.29) is 6.03 Å². The Labute approximate surface area is 114 Å². The topological polar surface area (TPSA) is 69.6 Å². The summed E-state index contributed by atoms with van der Waals surface area (Å²) in [6.45, 7) is 3.52. The summed E-state index contributed by atoms with van der Waals surface area (Å²) in [5.41, 5.74) is 0. The molecule has 2 N–H and O–H groups in total. The van der Waals surface area contributed by atoms with Crippen molar-refractivity contribution in [3.05, 3.63) is 0 Å². The van der Waals surface area contributed by atoms with Crippen LogP contribution >= 0.6 is 0 Å². The smallest absolute Gasteiger partial charge is 0.326 e. The molecule has 2 amide bonds. The van der Waals surface area contributed by atoms with Gasteiger partial charge in [0.05, 0.1) is 0 Å². The molecule has 1 heterocycles. The number of carbonyl (C=O) groups is 2. The van der Waals surface area contributed by atoms with Gasteiger partial charge in [-0.15, -0.1) is 0 Å². The maximum atomic E-state index is 12.0. The van der Waals surface area contributed by atoms with Gasteiger partial charge in [0.25, 0.3) is 0 Å². The monoisotopic (exact) mass is 268 g/mol. The zero-order valence-corrected chi connectivity index (χ0v) is 11.6. The molecule has 2 aliphatic rings. The van der Waals surface area contributed by atoms with Crippen LogP contribution in [0.25, 0.3) is 0 Å². The first-order valence-electron chi connectivity index (χ1n) is 7.35. The molecule has 0 aromatic rings. The number of amides is 2. The molecule has 5 nitrogen and oxygen atoms in total. The normalized spacial score (nSPS) is 31.2. The van der Waals surface area contributed by atoms with E-state index in [0.717, 1.165) is 12.3 Å². The number of aliphatic carboxylic acids is 1. The highest BCUT2D eigenvalue weighted by atomic mass is 16.4. The first-order valence-corrected chi connectivity index (χ1v) is 7.35. The molecule has 2 fully saturated rings. The van der Waals surface area contributed by atoms with Gasteiger partial charge >= 0.3 is 12.0 Å². The van der Waals surface area contributed by atoms with Crippen LogP contribution in [0.3, 0.4) is 0 Å². The lowest BCUT2D eigenvalue weighted by molar-refractivity contribution is -0.141. The van der Waals surface area contributed by atoms with E-state index in [4.69, 9.17) is 5.11 Å². The minimum atomic E-state index is -0.890. The summed E-state index contributed by atoms with van der Waals surface area (Å²) < 4.78 is 0. The van der Waals surface area contributed by atoms with Crippen molar-refractivity contribution < 1.29 is 14.7 Å². The van der Waals surface area contributed by atoms with Crippen molar-refractivity contribution in [1.29, 1.82) is 0 Å². The molecule has 1 saturated carbocycles. The summed E-state index contributed by atoms with van der Waals surface area (Å²) in [5.74, 6) is 0.479. The third kappa shape index (κ3) is 3.61. The van der Waals surface area contributed by atoms with E-state index < -0.39 is 12.0 Å². The number of urea groups is 1. The molecule has 2 rings (SSSR count). The van der Waals surface area contributed by atoms with Gasteiger partial charge in [-0.3, -0.25) is 0 Å². The third-order valence-electron chi connectivity index (χ3n) is 4.48. The molecular formula is C14H24N2O3. The molecule has 1 aliphatic heterocycles. The number of nitrogens with zero attached hydrogens (tertiary/aromatic N) is 1. The average Bonchev–Trinajstić information content (AvgIpc) is 2.87. The van der Waals surface area contributed by atoms with Crippen molar-refractivity contribution in [1.82, 2.24) is 10.2 Å². The van der Waals surface area contributed by atoms with Crippen molar-refractivity contribution in [3.63, 3.8) is 0 Å². The lowest BCUT2D eigenvalue weighted by Crippen LogP contribution is -2.47. The Balaban J connectivity index is 1.76. The fraction of sp³-hybridized carbons (Fsp3) is 0.857. The molecule has 0 radical (unpaired) electrons. The van der Waals surface area contributed by atoms with Gasteiger partial charge in [-0.05, 0) is 37.5 Å². The Morgan fingerprint density at radius 3 is 2.53 bits per heavy atom. The van der Waals surface area contributed by atoms with Crippen LogP contribution < -0.4 is 5.32 Å². The van der Waals surface area contributed by atoms with E-state index in [1.54, 1.807) is 0 Å². The van der Waals surface area contributed by atoms with Gasteiger partial charge in [-0.1, -0.05) is 19.8 Å². The zero-order chi connectivity index (χ0) is 13.8. The van der Waals surface area contributed by atoms with Crippen LogP contribution in [0.1, 0.15) is 45.4 Å². The van der Waals surface area contributed by atoms with Crippen molar-refractivity contribution in [2.45, 2.75) is 51.5 Å². The predicted octanol–water partition coefficient (Wildman–Crippen LogP) is 2.07. The molecule has 1 saturated heterocycles. The molecule has 0 spiro atoms. The fourth-order valence-electron chi connectivity index (χ4n) is 3.13. The highest BCUT2D eigenvalue weighted by molar-refractivity contribution is 5.83. The second-order valence-electron chi connectivity index (χ2n) is 6.00. The number of carboxylic acid groups (broad SMARTS) is 1. The Morgan fingerprint density at radius 1 is 1.21 bits per heavy atom. The summed E-state index contributed by atoms with van der Waals surface area (Å²) in [5, 5.41) is 12.0. The maximum Gasteiger partial charge on any atom is 0.326 e. The second-order valence-corrected chi connectivity index (χ2v) is 6.00. The molecular weight excluding hydrogens is 244 g/mol. The van der Waals surface area contributed by atoms with Crippen LogP contribution in [-0.2, 0) is 4.79 Å². The number of hydrogen-bond acceptors (Lipinski definition) is 2. The number of nitrogens with one attached hydrogen (secondary N) is 1. The van der Waals surface area contributed by atoms with Crippen LogP contribution in [0, 0.1) is 11.8 Å². The van der Waals surface area contributed by atoms with Crippen molar-refractivity contribution in [3.8, 4) is 0 Å². The van der Waals surface area contributed by atoms with Crippen molar-refractivity contribution in [2.24, 2.45) is 11.8 Å². The molecule has 0 bridgehead atoms. The minimum Gasteiger partial charge on any atom is -0.480 e. The SMILES string of the molecule is CC1CCC(CNC(=O)N2CCC[C@@H]2C(=O)O)CC1. The highest BCUT2D eigenvalue weighted by Crippen LogP contribution is 2.27. The van der Waals surface area contributed by atoms with Gasteiger partial charge < -0.3 is 15.3 Å². The highest BCUT2D eigenvalue weighted by Gasteiger charge is 2.34. The Morgan fingerprint density at radius 2 is 1.89 bits per heavy atom. The van der Waals surface area contributed by atoms with E-state index in [1.165, 1.54) is 30.6 Å². The number of rotatable bonds is 3. The van der Waals surface area contributed by atoms with E-state index in [1.807, 2.05) is 0 Å². The summed E-state index contributed by atoms with van der Waals surface area (Å²) in [6, 6.07) is -0.838. The maximum absolute atomic E-state index is 12.0. The van der Waals surface area contributed by atoms with Crippen LogP contribution in [-0.4, -0.2) is 41.1 Å². The van der Waals surface area contributed by atoms with Gasteiger partial charge in [0.1, 0.15) is 6.04 Å². The van der Waals surface area contributed by atoms with Gasteiger partial charge in [-0.25, -0.2) is 9.59 Å². The third-order valence-corrected chi connectivity index (χ3v) is 4.48. The summed E-state index contributed by atoms with van der Waals surface area (Å²) in [7, 11) is 0. The standard InChI is InChI=1S/C14H24N2O3/c1-10-4-6-11(7-5-10)9-15-14(19)16-8-2-3-12(16)13(17)18/h10-12H,2-9H2,1H3,(H,15,19)(H,17,18)/t10?,11?,12-/m1/s1. The predicted molar refractivity (Wildman–Crippen MR) is 71.9 cm³/mol. The van der Waals surface area contributed by atoms with Crippen LogP contribution in [0.5, 0.6) is 0 Å². The average molecular weight is 268 g/mol. The van der Waals surface area contributed by atoms with E-state index in [2.05, 4.69) is 12.2 Å². The molecule has 0 aromatic carbocycles. The zero-order valence-electron chi connectivity index (χ0n) is 11.6. The molecule has 108 valence electrons. The van der Waals surface area contributed by atoms with Crippen molar-refractivity contribution >= 4 is 12.0 Å². The fourth-order valence-corrected chi connectivity index (χ4v) is 3.13. The van der Waals surface area contributed by atoms with Gasteiger partial charge in [0.15, 0.2) is 0 Å². The molecule has 19 heavy (non-hydrogen) atoms. The van der Waals surface area contributed by atoms with Crippen LogP contribution in [0.15, 0.2) is 0 Å². The molecule has 5 heteroatoms. The summed E-state index contributed by atoms with van der Waals surface area (Å²) in [4.78, 5) is 24.5. The van der Waals surface area contributed by atoms with E-state index >= 15 is 0 Å². The number of carbonyl (C=O) groups excluding carboxylic acids is 1. The van der Waals surface area contributed by atoms with Crippen LogP contribution in [0.2, 0.25) is 0 Å². The molecule has 0 aromatic heterocycles. The Hall–Kier alpha value is -1.26. The largest absolute Gasteiger partial charge is 0.480 e. The molecule has 1 aliphatic carbocycles. The summed E-state index contributed by atoms with van der Waals surface area (Å²) >= 11 is 0. The lowest BCUT2D eigenvalue weighted by atomic mass is 9.83. The number of carboxylic acids is 1. The number of hydrogen-bond donors (Lipinski definition) is 2. The first-order chi connectivity index (χ1) is 9.08. The Kier molecular flexibility index (Phi) is 4.66. The van der Waals surface area contributed by atoms with E-state index in [0.29, 0.717) is 25.4 Å². The quantitative estimate of drug-likeness (QED) is 0.823. The summed E-state index contributed by atoms with van der Waals surface area (Å²) in [6.07, 6.45) is 6.17. The lowest BCUT2D eigenvalue weighted by Gasteiger charge is -2.28. The van der Waals surface area contributed by atoms with Crippen LogP contribution in [0.4, 0.5) is 4.79 Å². The van der Waals surface area contributed by atoms with E-state index in [9.17, 15) is 9.59 Å². The van der Waals surface area contributed by atoms with Gasteiger partial charge in [0, 0.05) is 13.1 Å². The molecule has 0 unspecified atom stereocenters. The molecule has 1 atom stereocenters. The van der Waals surface area contributed by atoms with Crippen molar-refractivity contribution in [2.75, 3.05) is 13.1 Å². The second kappa shape index (κ2) is 6.26.